The highest BCUT2D eigenvalue weighted by atomic mass is 16.3. The predicted octanol–water partition coefficient (Wildman–Crippen LogP) is -1.03. The van der Waals surface area contributed by atoms with E-state index < -0.39 is 0 Å². The average molecular weight is 284 g/mol. The first-order valence-corrected chi connectivity index (χ1v) is 7.33. The second-order valence-corrected chi connectivity index (χ2v) is 5.49. The number of nitrogens with zero attached hydrogens (tertiary/aromatic N) is 2. The van der Waals surface area contributed by atoms with Gasteiger partial charge in [-0.25, -0.2) is 4.79 Å². The highest BCUT2D eigenvalue weighted by Gasteiger charge is 2.24. The van der Waals surface area contributed by atoms with Crippen LogP contribution in [0.2, 0.25) is 0 Å². The van der Waals surface area contributed by atoms with E-state index in [4.69, 9.17) is 5.11 Å². The Hall–Kier alpha value is -1.18. The molecule has 0 bridgehead atoms. The molecule has 0 radical (unpaired) electrons. The molecule has 0 aromatic rings. The molecule has 1 saturated carbocycles. The Labute approximate surface area is 119 Å². The van der Waals surface area contributed by atoms with Crippen LogP contribution in [0.1, 0.15) is 19.3 Å². The predicted molar refractivity (Wildman–Crippen MR) is 74.3 cm³/mol. The maximum Gasteiger partial charge on any atom is 0.321 e. The van der Waals surface area contributed by atoms with Crippen molar-refractivity contribution in [2.75, 3.05) is 45.9 Å². The molecular weight excluding hydrogens is 260 g/mol. The Morgan fingerprint density at radius 1 is 1.10 bits per heavy atom. The lowest BCUT2D eigenvalue weighted by Gasteiger charge is -2.20. The molecule has 1 saturated heterocycles. The van der Waals surface area contributed by atoms with Crippen LogP contribution >= 0.6 is 0 Å². The van der Waals surface area contributed by atoms with E-state index in [1.807, 2.05) is 0 Å². The average Bonchev–Trinajstić information content (AvgIpc) is 3.19. The molecule has 20 heavy (non-hydrogen) atoms. The van der Waals surface area contributed by atoms with Crippen LogP contribution in [0.5, 0.6) is 0 Å². The van der Waals surface area contributed by atoms with Gasteiger partial charge < -0.3 is 10.4 Å². The van der Waals surface area contributed by atoms with E-state index in [1.54, 1.807) is 0 Å². The molecule has 3 amide bonds. The van der Waals surface area contributed by atoms with E-state index in [1.165, 1.54) is 0 Å². The van der Waals surface area contributed by atoms with Crippen LogP contribution in [0.25, 0.3) is 0 Å². The van der Waals surface area contributed by atoms with Gasteiger partial charge in [-0.15, -0.1) is 0 Å². The number of aliphatic hydroxyl groups is 1. The first-order chi connectivity index (χ1) is 9.67. The minimum atomic E-state index is -0.380. The molecule has 0 aromatic heterocycles. The van der Waals surface area contributed by atoms with Crippen molar-refractivity contribution in [2.24, 2.45) is 0 Å². The third kappa shape index (κ3) is 5.44. The second-order valence-electron chi connectivity index (χ2n) is 5.49. The number of hydrogen-bond acceptors (Lipinski definition) is 5. The fourth-order valence-corrected chi connectivity index (χ4v) is 2.37. The van der Waals surface area contributed by atoms with E-state index in [0.29, 0.717) is 6.54 Å². The first-order valence-electron chi connectivity index (χ1n) is 7.33. The number of carbonyl (C=O) groups is 2. The van der Waals surface area contributed by atoms with Gasteiger partial charge in [0, 0.05) is 25.7 Å². The Bertz CT molecular complexity index is 347. The molecule has 1 aliphatic carbocycles. The van der Waals surface area contributed by atoms with Crippen molar-refractivity contribution in [1.29, 1.82) is 0 Å². The van der Waals surface area contributed by atoms with Gasteiger partial charge >= 0.3 is 6.03 Å². The first kappa shape index (κ1) is 15.2. The zero-order chi connectivity index (χ0) is 14.4. The van der Waals surface area contributed by atoms with Crippen molar-refractivity contribution in [3.8, 4) is 0 Å². The monoisotopic (exact) mass is 284 g/mol. The zero-order valence-electron chi connectivity index (χ0n) is 11.8. The van der Waals surface area contributed by atoms with Crippen molar-refractivity contribution in [1.82, 2.24) is 20.4 Å². The number of β-amino-alcohol motifs (C(OH)–C–C–N with tert-alkyl or cyclic N) is 1. The Balaban J connectivity index is 1.66. The van der Waals surface area contributed by atoms with E-state index in [0.717, 1.165) is 45.4 Å². The van der Waals surface area contributed by atoms with Crippen LogP contribution in [-0.4, -0.2) is 78.8 Å². The number of carbonyl (C=O) groups excluding carboxylic acids is 2. The van der Waals surface area contributed by atoms with E-state index >= 15 is 0 Å². The van der Waals surface area contributed by atoms with Crippen LogP contribution < -0.4 is 10.6 Å². The van der Waals surface area contributed by atoms with Gasteiger partial charge in [0.05, 0.1) is 13.2 Å². The molecule has 0 atom stereocenters. The minimum absolute atomic E-state index is 0.168. The Morgan fingerprint density at radius 3 is 2.50 bits per heavy atom. The summed E-state index contributed by atoms with van der Waals surface area (Å²) in [6.45, 7) is 4.54. The number of hydrogen-bond donors (Lipinski definition) is 3. The largest absolute Gasteiger partial charge is 0.395 e. The molecule has 2 fully saturated rings. The zero-order valence-corrected chi connectivity index (χ0v) is 11.8. The molecule has 7 heteroatoms. The molecule has 7 nitrogen and oxygen atoms in total. The normalized spacial score (nSPS) is 21.2. The molecule has 1 aliphatic heterocycles. The summed E-state index contributed by atoms with van der Waals surface area (Å²) in [5.74, 6) is -0.251. The van der Waals surface area contributed by atoms with Crippen LogP contribution in [0.3, 0.4) is 0 Å². The van der Waals surface area contributed by atoms with Crippen molar-refractivity contribution < 1.29 is 14.7 Å². The highest BCUT2D eigenvalue weighted by Crippen LogP contribution is 2.18. The number of aliphatic hydroxyl groups excluding tert-OH is 1. The molecule has 2 rings (SSSR count). The summed E-state index contributed by atoms with van der Waals surface area (Å²) in [4.78, 5) is 27.5. The minimum Gasteiger partial charge on any atom is -0.395 e. The summed E-state index contributed by atoms with van der Waals surface area (Å²) < 4.78 is 0. The molecule has 3 N–H and O–H groups in total. The number of urea groups is 1. The van der Waals surface area contributed by atoms with Gasteiger partial charge in [0.2, 0.25) is 5.91 Å². The highest BCUT2D eigenvalue weighted by molar-refractivity contribution is 5.95. The van der Waals surface area contributed by atoms with Crippen LogP contribution in [0, 0.1) is 0 Å². The summed E-state index contributed by atoms with van der Waals surface area (Å²) in [6.07, 6.45) is 2.99. The molecule has 114 valence electrons. The summed E-state index contributed by atoms with van der Waals surface area (Å²) in [5.41, 5.74) is 0. The maximum atomic E-state index is 11.8. The van der Waals surface area contributed by atoms with Crippen molar-refractivity contribution in [2.45, 2.75) is 25.3 Å². The van der Waals surface area contributed by atoms with Gasteiger partial charge in [-0.1, -0.05) is 0 Å². The molecule has 2 aliphatic rings. The van der Waals surface area contributed by atoms with Gasteiger partial charge in [0.25, 0.3) is 0 Å². The summed E-state index contributed by atoms with van der Waals surface area (Å²) in [6, 6.07) is -0.123. The maximum absolute atomic E-state index is 11.8. The quantitative estimate of drug-likeness (QED) is 0.601. The topological polar surface area (TPSA) is 84.9 Å². The number of imide groups is 1. The molecule has 1 heterocycles. The summed E-state index contributed by atoms with van der Waals surface area (Å²) in [5, 5.41) is 14.0. The van der Waals surface area contributed by atoms with Crippen LogP contribution in [0.15, 0.2) is 0 Å². The van der Waals surface area contributed by atoms with Crippen molar-refractivity contribution in [3.63, 3.8) is 0 Å². The lowest BCUT2D eigenvalue weighted by atomic mass is 10.3. The molecule has 0 aromatic carbocycles. The standard InChI is InChI=1S/C13H24N4O3/c18-9-8-16-4-1-5-17(7-6-16)10-12(19)15-13(20)14-11-2-3-11/h11,18H,1-10H2,(H2,14,15,19,20). The van der Waals surface area contributed by atoms with E-state index in [-0.39, 0.29) is 31.1 Å². The molecular formula is C13H24N4O3. The number of amides is 3. The molecule has 0 spiro atoms. The summed E-state index contributed by atoms with van der Waals surface area (Å²) >= 11 is 0. The summed E-state index contributed by atoms with van der Waals surface area (Å²) in [7, 11) is 0. The lowest BCUT2D eigenvalue weighted by Crippen LogP contribution is -2.45. The second kappa shape index (κ2) is 7.56. The van der Waals surface area contributed by atoms with Crippen molar-refractivity contribution >= 4 is 11.9 Å². The SMILES string of the molecule is O=C(CN1CCCN(CCO)CC1)NC(=O)NC1CC1. The number of nitrogens with one attached hydrogen (secondary N) is 2. The van der Waals surface area contributed by atoms with E-state index in [9.17, 15) is 9.59 Å². The molecule has 0 unspecified atom stereocenters. The number of rotatable bonds is 5. The Kier molecular flexibility index (Phi) is 5.75. The third-order valence-corrected chi connectivity index (χ3v) is 3.63. The third-order valence-electron chi connectivity index (χ3n) is 3.63. The van der Waals surface area contributed by atoms with Crippen molar-refractivity contribution in [3.05, 3.63) is 0 Å². The Morgan fingerprint density at radius 2 is 1.80 bits per heavy atom. The lowest BCUT2D eigenvalue weighted by molar-refractivity contribution is -0.121. The van der Waals surface area contributed by atoms with Crippen LogP contribution in [-0.2, 0) is 4.79 Å². The fourth-order valence-electron chi connectivity index (χ4n) is 2.37. The van der Waals surface area contributed by atoms with Gasteiger partial charge in [0.15, 0.2) is 0 Å². The van der Waals surface area contributed by atoms with E-state index in [2.05, 4.69) is 20.4 Å². The smallest absolute Gasteiger partial charge is 0.321 e. The van der Waals surface area contributed by atoms with Gasteiger partial charge in [0.1, 0.15) is 0 Å². The van der Waals surface area contributed by atoms with Gasteiger partial charge in [-0.05, 0) is 32.4 Å². The fraction of sp³-hybridized carbons (Fsp3) is 0.846. The van der Waals surface area contributed by atoms with Gasteiger partial charge in [-0.2, -0.15) is 0 Å². The van der Waals surface area contributed by atoms with Crippen LogP contribution in [0.4, 0.5) is 4.79 Å². The van der Waals surface area contributed by atoms with Gasteiger partial charge in [-0.3, -0.25) is 19.9 Å².